The Morgan fingerprint density at radius 2 is 1.77 bits per heavy atom. The second-order valence-corrected chi connectivity index (χ2v) is 6.88. The van der Waals surface area contributed by atoms with Gasteiger partial charge in [0.1, 0.15) is 12.4 Å². The first-order valence-electron chi connectivity index (χ1n) is 8.82. The third-order valence-corrected chi connectivity index (χ3v) is 4.65. The first kappa shape index (κ1) is 18.0. The minimum absolute atomic E-state index is 0.113. The monoisotopic (exact) mass is 353 g/mol. The van der Waals surface area contributed by atoms with Crippen LogP contribution in [0.5, 0.6) is 5.75 Å². The van der Waals surface area contributed by atoms with Crippen LogP contribution < -0.4 is 4.74 Å². The van der Waals surface area contributed by atoms with Crippen molar-refractivity contribution in [2.45, 2.75) is 20.0 Å². The Hall–Kier alpha value is -2.82. The van der Waals surface area contributed by atoms with E-state index in [1.165, 1.54) is 0 Å². The molecule has 0 aliphatic carbocycles. The molecule has 1 N–H and O–H groups in total. The third-order valence-electron chi connectivity index (χ3n) is 4.65. The molecule has 0 aromatic heterocycles. The van der Waals surface area contributed by atoms with Gasteiger partial charge in [-0.15, -0.1) is 0 Å². The highest BCUT2D eigenvalue weighted by atomic mass is 16.5. The van der Waals surface area contributed by atoms with E-state index in [9.17, 15) is 14.7 Å². The summed E-state index contributed by atoms with van der Waals surface area (Å²) >= 11 is 0. The number of rotatable bonds is 5. The maximum absolute atomic E-state index is 12.7. The van der Waals surface area contributed by atoms with E-state index in [1.54, 1.807) is 17.0 Å². The number of carbonyl (C=O) groups is 2. The molecule has 2 aromatic carbocycles. The lowest BCUT2D eigenvalue weighted by molar-refractivity contribution is -0.143. The number of aliphatic carboxylic acids is 1. The molecule has 1 aliphatic heterocycles. The number of hydrogen-bond donors (Lipinski definition) is 1. The molecule has 1 saturated heterocycles. The fourth-order valence-corrected chi connectivity index (χ4v) is 3.31. The summed E-state index contributed by atoms with van der Waals surface area (Å²) in [6.45, 7) is 3.29. The molecule has 3 rings (SSSR count). The van der Waals surface area contributed by atoms with Crippen LogP contribution in [0.4, 0.5) is 0 Å². The second kappa shape index (κ2) is 8.04. The van der Waals surface area contributed by atoms with Gasteiger partial charge in [-0.25, -0.2) is 0 Å². The number of likely N-dealkylation sites (tertiary alicyclic amines) is 1. The van der Waals surface area contributed by atoms with E-state index in [-0.39, 0.29) is 18.4 Å². The fourth-order valence-electron chi connectivity index (χ4n) is 3.31. The number of carboxylic acids is 1. The molecule has 136 valence electrons. The predicted octanol–water partition coefficient (Wildman–Crippen LogP) is 3.45. The number of carbonyl (C=O) groups excluding carboxylic acids is 1. The van der Waals surface area contributed by atoms with Crippen molar-refractivity contribution in [3.8, 4) is 5.75 Å². The highest BCUT2D eigenvalue weighted by molar-refractivity contribution is 5.94. The van der Waals surface area contributed by atoms with Gasteiger partial charge in [-0.3, -0.25) is 9.59 Å². The Labute approximate surface area is 153 Å². The highest BCUT2D eigenvalue weighted by Crippen LogP contribution is 2.23. The van der Waals surface area contributed by atoms with Crippen LogP contribution in [-0.4, -0.2) is 35.0 Å². The highest BCUT2D eigenvalue weighted by Gasteiger charge is 2.32. The van der Waals surface area contributed by atoms with Gasteiger partial charge in [0.25, 0.3) is 5.91 Å². The average molecular weight is 353 g/mol. The molecule has 1 fully saturated rings. The first-order valence-corrected chi connectivity index (χ1v) is 8.82. The molecule has 1 heterocycles. The van der Waals surface area contributed by atoms with Crippen molar-refractivity contribution < 1.29 is 19.4 Å². The van der Waals surface area contributed by atoms with Crippen molar-refractivity contribution >= 4 is 11.9 Å². The molecular weight excluding hydrogens is 330 g/mol. The Bertz CT molecular complexity index is 757. The normalized spacial score (nSPS) is 19.8. The molecule has 0 radical (unpaired) electrons. The van der Waals surface area contributed by atoms with E-state index in [4.69, 9.17) is 4.74 Å². The maximum Gasteiger partial charge on any atom is 0.308 e. The fraction of sp³-hybridized carbons (Fsp3) is 0.333. The van der Waals surface area contributed by atoms with E-state index >= 15 is 0 Å². The quantitative estimate of drug-likeness (QED) is 0.894. The summed E-state index contributed by atoms with van der Waals surface area (Å²) in [5, 5.41) is 9.26. The van der Waals surface area contributed by atoms with Gasteiger partial charge in [-0.1, -0.05) is 37.3 Å². The minimum Gasteiger partial charge on any atom is -0.489 e. The number of carboxylic acid groups (broad SMARTS) is 1. The summed E-state index contributed by atoms with van der Waals surface area (Å²) in [6.07, 6.45) is 0.620. The Morgan fingerprint density at radius 1 is 1.08 bits per heavy atom. The topological polar surface area (TPSA) is 66.8 Å². The summed E-state index contributed by atoms with van der Waals surface area (Å²) in [5.74, 6) is -0.440. The van der Waals surface area contributed by atoms with Crippen molar-refractivity contribution in [1.82, 2.24) is 4.90 Å². The van der Waals surface area contributed by atoms with Gasteiger partial charge in [0.05, 0.1) is 5.92 Å². The van der Waals surface area contributed by atoms with E-state index in [2.05, 4.69) is 0 Å². The number of hydrogen-bond acceptors (Lipinski definition) is 3. The lowest BCUT2D eigenvalue weighted by Crippen LogP contribution is -2.45. The zero-order valence-corrected chi connectivity index (χ0v) is 14.8. The molecule has 5 heteroatoms. The van der Waals surface area contributed by atoms with Crippen molar-refractivity contribution in [1.29, 1.82) is 0 Å². The number of para-hydroxylation sites is 1. The van der Waals surface area contributed by atoms with E-state index in [0.29, 0.717) is 25.1 Å². The van der Waals surface area contributed by atoms with Crippen LogP contribution in [0.3, 0.4) is 0 Å². The van der Waals surface area contributed by atoms with Crippen molar-refractivity contribution in [2.75, 3.05) is 13.1 Å². The molecule has 1 amide bonds. The van der Waals surface area contributed by atoms with Crippen LogP contribution in [0.25, 0.3) is 0 Å². The molecule has 0 saturated carbocycles. The first-order chi connectivity index (χ1) is 12.5. The molecule has 2 aromatic rings. The molecular formula is C21H23NO4. The van der Waals surface area contributed by atoms with Crippen molar-refractivity contribution in [3.05, 3.63) is 65.7 Å². The molecule has 0 bridgehead atoms. The van der Waals surface area contributed by atoms with Gasteiger partial charge in [0.2, 0.25) is 0 Å². The zero-order chi connectivity index (χ0) is 18.5. The SMILES string of the molecule is CC1CC(C(=O)O)CN(C(=O)c2ccc(COc3ccccc3)cc2)C1. The van der Waals surface area contributed by atoms with E-state index in [0.717, 1.165) is 11.3 Å². The summed E-state index contributed by atoms with van der Waals surface area (Å²) < 4.78 is 5.70. The maximum atomic E-state index is 12.7. The van der Waals surface area contributed by atoms with Crippen LogP contribution in [0, 0.1) is 11.8 Å². The van der Waals surface area contributed by atoms with Gasteiger partial charge < -0.3 is 14.7 Å². The van der Waals surface area contributed by atoms with Gasteiger partial charge in [0.15, 0.2) is 0 Å². The summed E-state index contributed by atoms with van der Waals surface area (Å²) in [7, 11) is 0. The summed E-state index contributed by atoms with van der Waals surface area (Å²) in [6, 6.07) is 16.9. The van der Waals surface area contributed by atoms with Crippen molar-refractivity contribution in [2.24, 2.45) is 11.8 Å². The van der Waals surface area contributed by atoms with E-state index in [1.807, 2.05) is 49.4 Å². The summed E-state index contributed by atoms with van der Waals surface area (Å²) in [5.41, 5.74) is 1.55. The predicted molar refractivity (Wildman–Crippen MR) is 98.0 cm³/mol. The van der Waals surface area contributed by atoms with Crippen LogP contribution in [0.15, 0.2) is 54.6 Å². The van der Waals surface area contributed by atoms with Crippen LogP contribution >= 0.6 is 0 Å². The Morgan fingerprint density at radius 3 is 2.42 bits per heavy atom. The molecule has 0 spiro atoms. The number of benzene rings is 2. The second-order valence-electron chi connectivity index (χ2n) is 6.88. The molecule has 26 heavy (non-hydrogen) atoms. The minimum atomic E-state index is -0.831. The van der Waals surface area contributed by atoms with Gasteiger partial charge in [0, 0.05) is 18.7 Å². The molecule has 1 aliphatic rings. The van der Waals surface area contributed by atoms with Gasteiger partial charge >= 0.3 is 5.97 Å². The van der Waals surface area contributed by atoms with Gasteiger partial charge in [-0.2, -0.15) is 0 Å². The number of ether oxygens (including phenoxy) is 1. The molecule has 2 atom stereocenters. The average Bonchev–Trinajstić information content (AvgIpc) is 2.66. The van der Waals surface area contributed by atoms with Crippen LogP contribution in [0.2, 0.25) is 0 Å². The molecule has 5 nitrogen and oxygen atoms in total. The Balaban J connectivity index is 1.62. The van der Waals surface area contributed by atoms with Crippen LogP contribution in [-0.2, 0) is 11.4 Å². The largest absolute Gasteiger partial charge is 0.489 e. The van der Waals surface area contributed by atoms with Crippen molar-refractivity contribution in [3.63, 3.8) is 0 Å². The lowest BCUT2D eigenvalue weighted by atomic mass is 9.90. The number of nitrogens with zero attached hydrogens (tertiary/aromatic N) is 1. The standard InChI is InChI=1S/C21H23NO4/c1-15-11-18(21(24)25)13-22(12-15)20(23)17-9-7-16(8-10-17)14-26-19-5-3-2-4-6-19/h2-10,15,18H,11-14H2,1H3,(H,24,25). The smallest absolute Gasteiger partial charge is 0.308 e. The lowest BCUT2D eigenvalue weighted by Gasteiger charge is -2.34. The number of piperidine rings is 1. The van der Waals surface area contributed by atoms with E-state index < -0.39 is 11.9 Å². The third kappa shape index (κ3) is 4.42. The van der Waals surface area contributed by atoms with Crippen LogP contribution in [0.1, 0.15) is 29.3 Å². The number of amides is 1. The Kier molecular flexibility index (Phi) is 5.56. The summed E-state index contributed by atoms with van der Waals surface area (Å²) in [4.78, 5) is 25.6. The zero-order valence-electron chi connectivity index (χ0n) is 14.8. The van der Waals surface area contributed by atoms with Gasteiger partial charge in [-0.05, 0) is 42.2 Å². The molecule has 2 unspecified atom stereocenters.